The molecule has 2 heterocycles. The van der Waals surface area contributed by atoms with E-state index in [0.717, 1.165) is 5.56 Å². The first kappa shape index (κ1) is 16.4. The summed E-state index contributed by atoms with van der Waals surface area (Å²) in [6.07, 6.45) is 0.556. The number of carbonyl (C=O) groups excluding carboxylic acids is 1. The molecule has 2 unspecified atom stereocenters. The van der Waals surface area contributed by atoms with Crippen molar-refractivity contribution in [3.63, 3.8) is 0 Å². The maximum atomic E-state index is 12.9. The lowest BCUT2D eigenvalue weighted by Crippen LogP contribution is -2.65. The minimum Gasteiger partial charge on any atom is -0.495 e. The lowest BCUT2D eigenvalue weighted by molar-refractivity contribution is 0.0376. The van der Waals surface area contributed by atoms with E-state index in [1.165, 1.54) is 0 Å². The van der Waals surface area contributed by atoms with Crippen LogP contribution in [0.1, 0.15) is 24.9 Å². The molecule has 0 aromatic heterocycles. The highest BCUT2D eigenvalue weighted by Gasteiger charge is 2.51. The Morgan fingerprint density at radius 2 is 2.08 bits per heavy atom. The number of nitrogens with zero attached hydrogens (tertiary/aromatic N) is 1. The Balaban J connectivity index is 1.85. The van der Waals surface area contributed by atoms with E-state index in [-0.39, 0.29) is 12.1 Å². The molecular formula is C18H16Cl2N2O3. The zero-order valence-electron chi connectivity index (χ0n) is 13.7. The van der Waals surface area contributed by atoms with Crippen LogP contribution in [0.5, 0.6) is 11.5 Å². The molecule has 2 aliphatic heterocycles. The van der Waals surface area contributed by atoms with Crippen molar-refractivity contribution in [3.05, 3.63) is 52.0 Å². The number of urea groups is 1. The van der Waals surface area contributed by atoms with Gasteiger partial charge in [-0.25, -0.2) is 4.79 Å². The third-order valence-corrected chi connectivity index (χ3v) is 5.12. The molecule has 2 bridgehead atoms. The molecule has 1 saturated heterocycles. The second kappa shape index (κ2) is 5.71. The van der Waals surface area contributed by atoms with Crippen molar-refractivity contribution in [3.8, 4) is 11.5 Å². The van der Waals surface area contributed by atoms with E-state index < -0.39 is 5.72 Å². The molecule has 4 rings (SSSR count). The highest BCUT2D eigenvalue weighted by atomic mass is 35.5. The predicted molar refractivity (Wildman–Crippen MR) is 96.9 cm³/mol. The molecule has 2 amide bonds. The van der Waals surface area contributed by atoms with Crippen LogP contribution < -0.4 is 19.7 Å². The fourth-order valence-corrected chi connectivity index (χ4v) is 4.12. The van der Waals surface area contributed by atoms with E-state index in [9.17, 15) is 4.79 Å². The molecule has 0 spiro atoms. The topological polar surface area (TPSA) is 50.8 Å². The number of anilines is 1. The smallest absolute Gasteiger partial charge is 0.325 e. The second-order valence-electron chi connectivity index (χ2n) is 6.30. The summed E-state index contributed by atoms with van der Waals surface area (Å²) in [4.78, 5) is 14.5. The highest BCUT2D eigenvalue weighted by molar-refractivity contribution is 6.35. The summed E-state index contributed by atoms with van der Waals surface area (Å²) in [5.74, 6) is 1.14. The van der Waals surface area contributed by atoms with Crippen LogP contribution in [0, 0.1) is 0 Å². The number of methoxy groups -OCH3 is 1. The minimum absolute atomic E-state index is 0.219. The molecule has 0 aliphatic carbocycles. The molecule has 2 aromatic rings. The van der Waals surface area contributed by atoms with Gasteiger partial charge in [-0.15, -0.1) is 0 Å². The van der Waals surface area contributed by atoms with E-state index >= 15 is 0 Å². The van der Waals surface area contributed by atoms with Crippen LogP contribution in [-0.2, 0) is 0 Å². The predicted octanol–water partition coefficient (Wildman–Crippen LogP) is 4.77. The van der Waals surface area contributed by atoms with Gasteiger partial charge in [0.2, 0.25) is 0 Å². The second-order valence-corrected chi connectivity index (χ2v) is 7.14. The number of amides is 2. The number of benzene rings is 2. The number of hydrogen-bond acceptors (Lipinski definition) is 3. The van der Waals surface area contributed by atoms with Gasteiger partial charge in [0.05, 0.1) is 23.9 Å². The molecular weight excluding hydrogens is 363 g/mol. The molecule has 2 aromatic carbocycles. The Morgan fingerprint density at radius 3 is 2.84 bits per heavy atom. The first-order valence-electron chi connectivity index (χ1n) is 7.84. The Bertz CT molecular complexity index is 873. The molecule has 0 radical (unpaired) electrons. The zero-order valence-corrected chi connectivity index (χ0v) is 15.2. The summed E-state index contributed by atoms with van der Waals surface area (Å²) < 4.78 is 11.6. The third kappa shape index (κ3) is 2.50. The van der Waals surface area contributed by atoms with Crippen LogP contribution in [0.2, 0.25) is 10.0 Å². The number of para-hydroxylation sites is 2. The van der Waals surface area contributed by atoms with Crippen LogP contribution in [0.25, 0.3) is 0 Å². The molecule has 130 valence electrons. The molecule has 1 N–H and O–H groups in total. The Hall–Kier alpha value is -2.11. The van der Waals surface area contributed by atoms with Crippen molar-refractivity contribution >= 4 is 34.9 Å². The van der Waals surface area contributed by atoms with Gasteiger partial charge in [-0.1, -0.05) is 35.3 Å². The molecule has 0 saturated carbocycles. The maximum Gasteiger partial charge on any atom is 0.325 e. The average molecular weight is 379 g/mol. The monoisotopic (exact) mass is 378 g/mol. The SMILES string of the molecule is COc1ccccc1N1C(=O)NC2CC1(C)Oc1c(Cl)cc(Cl)cc12. The fraction of sp³-hybridized carbons (Fsp3) is 0.278. The van der Waals surface area contributed by atoms with Gasteiger partial charge in [0.1, 0.15) is 11.5 Å². The molecule has 1 fully saturated rings. The number of halogens is 2. The van der Waals surface area contributed by atoms with Gasteiger partial charge < -0.3 is 14.8 Å². The van der Waals surface area contributed by atoms with Crippen molar-refractivity contribution in [2.24, 2.45) is 0 Å². The van der Waals surface area contributed by atoms with Crippen molar-refractivity contribution < 1.29 is 14.3 Å². The van der Waals surface area contributed by atoms with Crippen LogP contribution in [0.15, 0.2) is 36.4 Å². The molecule has 2 aliphatic rings. The van der Waals surface area contributed by atoms with Gasteiger partial charge in [0.25, 0.3) is 0 Å². The number of carbonyl (C=O) groups is 1. The first-order valence-corrected chi connectivity index (χ1v) is 8.60. The Morgan fingerprint density at radius 1 is 1.32 bits per heavy atom. The summed E-state index contributed by atoms with van der Waals surface area (Å²) >= 11 is 12.5. The summed E-state index contributed by atoms with van der Waals surface area (Å²) in [5, 5.41) is 3.95. The summed E-state index contributed by atoms with van der Waals surface area (Å²) in [7, 11) is 1.57. The van der Waals surface area contributed by atoms with Crippen molar-refractivity contribution in [2.45, 2.75) is 25.1 Å². The largest absolute Gasteiger partial charge is 0.495 e. The maximum absolute atomic E-state index is 12.9. The van der Waals surface area contributed by atoms with E-state index in [0.29, 0.717) is 33.7 Å². The van der Waals surface area contributed by atoms with Gasteiger partial charge in [0, 0.05) is 17.0 Å². The lowest BCUT2D eigenvalue weighted by Gasteiger charge is -2.50. The van der Waals surface area contributed by atoms with Gasteiger partial charge in [-0.05, 0) is 31.2 Å². The molecule has 25 heavy (non-hydrogen) atoms. The molecule has 5 nitrogen and oxygen atoms in total. The zero-order chi connectivity index (χ0) is 17.8. The minimum atomic E-state index is -0.897. The van der Waals surface area contributed by atoms with Crippen LogP contribution in [0.4, 0.5) is 10.5 Å². The Kier molecular flexibility index (Phi) is 3.74. The number of fused-ring (bicyclic) bond motifs is 4. The highest BCUT2D eigenvalue weighted by Crippen LogP contribution is 2.50. The van der Waals surface area contributed by atoms with Crippen molar-refractivity contribution in [2.75, 3.05) is 12.0 Å². The first-order chi connectivity index (χ1) is 11.9. The van der Waals surface area contributed by atoms with Crippen molar-refractivity contribution in [1.29, 1.82) is 0 Å². The fourth-order valence-electron chi connectivity index (χ4n) is 3.57. The third-order valence-electron chi connectivity index (χ3n) is 4.62. The van der Waals surface area contributed by atoms with E-state index in [2.05, 4.69) is 5.32 Å². The van der Waals surface area contributed by atoms with Crippen LogP contribution in [0.3, 0.4) is 0 Å². The number of nitrogens with one attached hydrogen (secondary N) is 1. The number of rotatable bonds is 2. The van der Waals surface area contributed by atoms with Crippen LogP contribution in [-0.4, -0.2) is 18.9 Å². The van der Waals surface area contributed by atoms with Gasteiger partial charge in [-0.2, -0.15) is 0 Å². The van der Waals surface area contributed by atoms with Crippen LogP contribution >= 0.6 is 23.2 Å². The molecule has 2 atom stereocenters. The molecule has 7 heteroatoms. The normalized spacial score (nSPS) is 24.2. The summed E-state index contributed by atoms with van der Waals surface area (Å²) in [5.41, 5.74) is 0.534. The van der Waals surface area contributed by atoms with Gasteiger partial charge in [0.15, 0.2) is 5.72 Å². The van der Waals surface area contributed by atoms with Gasteiger partial charge >= 0.3 is 6.03 Å². The van der Waals surface area contributed by atoms with E-state index in [1.807, 2.05) is 31.2 Å². The summed E-state index contributed by atoms with van der Waals surface area (Å²) in [6, 6.07) is 10.3. The number of ether oxygens (including phenoxy) is 2. The van der Waals surface area contributed by atoms with E-state index in [4.69, 9.17) is 32.7 Å². The quantitative estimate of drug-likeness (QED) is 0.818. The standard InChI is InChI=1S/C18H16Cl2N2O3/c1-18-9-13(11-7-10(19)8-12(20)16(11)25-18)21-17(23)22(18)14-5-3-4-6-15(14)24-2/h3-8,13H,9H2,1-2H3,(H,21,23). The average Bonchev–Trinajstić information content (AvgIpc) is 2.56. The van der Waals surface area contributed by atoms with Crippen molar-refractivity contribution in [1.82, 2.24) is 5.32 Å². The lowest BCUT2D eigenvalue weighted by atomic mass is 9.90. The van der Waals surface area contributed by atoms with Gasteiger partial charge in [-0.3, -0.25) is 4.90 Å². The summed E-state index contributed by atoms with van der Waals surface area (Å²) in [6.45, 7) is 1.87. The Labute approximate surface area is 155 Å². The van der Waals surface area contributed by atoms with E-state index in [1.54, 1.807) is 24.1 Å². The number of hydrogen-bond donors (Lipinski definition) is 1.